The van der Waals surface area contributed by atoms with Crippen molar-refractivity contribution in [2.24, 2.45) is 5.92 Å². The van der Waals surface area contributed by atoms with Gasteiger partial charge in [0.25, 0.3) is 0 Å². The molecule has 1 aliphatic rings. The molecule has 0 aliphatic heterocycles. The lowest BCUT2D eigenvalue weighted by Gasteiger charge is -2.34. The maximum atomic E-state index is 9.13. The van der Waals surface area contributed by atoms with E-state index in [1.165, 1.54) is 32.4 Å². The van der Waals surface area contributed by atoms with Crippen molar-refractivity contribution in [1.82, 2.24) is 4.90 Å². The minimum absolute atomic E-state index is 0.00837. The Morgan fingerprint density at radius 1 is 1.31 bits per heavy atom. The fourth-order valence-corrected chi connectivity index (χ4v) is 2.01. The van der Waals surface area contributed by atoms with Crippen molar-refractivity contribution >= 4 is 0 Å². The van der Waals surface area contributed by atoms with Crippen LogP contribution in [0.2, 0.25) is 0 Å². The Morgan fingerprint density at radius 2 is 2.00 bits per heavy atom. The number of aliphatic hydroxyl groups excluding tert-OH is 1. The lowest BCUT2D eigenvalue weighted by molar-refractivity contribution is 0.0282. The standard InChI is InChI=1S/C11H23NO/c1-3-4-5-6-12(2)9-10-7-11(13)8-10/h10-11,13H,3-9H2,1-2H3. The van der Waals surface area contributed by atoms with Gasteiger partial charge in [-0.15, -0.1) is 0 Å². The van der Waals surface area contributed by atoms with Gasteiger partial charge in [0.05, 0.1) is 6.10 Å². The van der Waals surface area contributed by atoms with E-state index < -0.39 is 0 Å². The second kappa shape index (κ2) is 5.61. The summed E-state index contributed by atoms with van der Waals surface area (Å²) in [5.41, 5.74) is 0. The number of rotatable bonds is 6. The summed E-state index contributed by atoms with van der Waals surface area (Å²) in [5.74, 6) is 0.765. The van der Waals surface area contributed by atoms with Crippen molar-refractivity contribution in [2.75, 3.05) is 20.1 Å². The highest BCUT2D eigenvalue weighted by atomic mass is 16.3. The van der Waals surface area contributed by atoms with Crippen LogP contribution in [0.25, 0.3) is 0 Å². The first-order chi connectivity index (χ1) is 6.22. The topological polar surface area (TPSA) is 23.5 Å². The van der Waals surface area contributed by atoms with Crippen LogP contribution in [0, 0.1) is 5.92 Å². The van der Waals surface area contributed by atoms with E-state index >= 15 is 0 Å². The zero-order valence-corrected chi connectivity index (χ0v) is 9.00. The van der Waals surface area contributed by atoms with Crippen LogP contribution in [-0.4, -0.2) is 36.2 Å². The normalized spacial score (nSPS) is 27.7. The molecule has 0 bridgehead atoms. The summed E-state index contributed by atoms with van der Waals surface area (Å²) >= 11 is 0. The molecule has 0 radical (unpaired) electrons. The lowest BCUT2D eigenvalue weighted by atomic mass is 9.82. The van der Waals surface area contributed by atoms with Gasteiger partial charge >= 0.3 is 0 Å². The summed E-state index contributed by atoms with van der Waals surface area (Å²) in [7, 11) is 2.19. The maximum Gasteiger partial charge on any atom is 0.0546 e. The second-order valence-electron chi connectivity index (χ2n) is 4.46. The molecular formula is C11H23NO. The third-order valence-corrected chi connectivity index (χ3v) is 2.92. The van der Waals surface area contributed by atoms with Gasteiger partial charge in [-0.1, -0.05) is 19.8 Å². The summed E-state index contributed by atoms with van der Waals surface area (Å²) in [5, 5.41) is 9.13. The first-order valence-corrected chi connectivity index (χ1v) is 5.59. The molecule has 2 heteroatoms. The van der Waals surface area contributed by atoms with Crippen LogP contribution in [0.4, 0.5) is 0 Å². The zero-order chi connectivity index (χ0) is 9.68. The highest BCUT2D eigenvalue weighted by Gasteiger charge is 2.27. The molecule has 0 aromatic rings. The Balaban J connectivity index is 1.95. The summed E-state index contributed by atoms with van der Waals surface area (Å²) in [6.45, 7) is 4.64. The van der Waals surface area contributed by atoms with E-state index in [-0.39, 0.29) is 6.10 Å². The molecule has 13 heavy (non-hydrogen) atoms. The monoisotopic (exact) mass is 185 g/mol. The number of hydrogen-bond acceptors (Lipinski definition) is 2. The summed E-state index contributed by atoms with van der Waals surface area (Å²) < 4.78 is 0. The van der Waals surface area contributed by atoms with E-state index in [0.29, 0.717) is 0 Å². The summed E-state index contributed by atoms with van der Waals surface area (Å²) in [6, 6.07) is 0. The average Bonchev–Trinajstić information content (AvgIpc) is 2.02. The Morgan fingerprint density at radius 3 is 2.54 bits per heavy atom. The van der Waals surface area contributed by atoms with Crippen molar-refractivity contribution in [3.63, 3.8) is 0 Å². The molecule has 0 aromatic heterocycles. The van der Waals surface area contributed by atoms with Crippen molar-refractivity contribution in [3.05, 3.63) is 0 Å². The minimum Gasteiger partial charge on any atom is -0.393 e. The Labute approximate surface area is 81.9 Å². The van der Waals surface area contributed by atoms with Crippen LogP contribution in [0.15, 0.2) is 0 Å². The van der Waals surface area contributed by atoms with E-state index in [9.17, 15) is 0 Å². The van der Waals surface area contributed by atoms with Crippen LogP contribution < -0.4 is 0 Å². The van der Waals surface area contributed by atoms with E-state index in [2.05, 4.69) is 18.9 Å². The molecule has 0 amide bonds. The summed E-state index contributed by atoms with van der Waals surface area (Å²) in [4.78, 5) is 2.41. The highest BCUT2D eigenvalue weighted by molar-refractivity contribution is 4.80. The zero-order valence-electron chi connectivity index (χ0n) is 9.00. The van der Waals surface area contributed by atoms with E-state index in [1.807, 2.05) is 0 Å². The van der Waals surface area contributed by atoms with Crippen LogP contribution in [-0.2, 0) is 0 Å². The fourth-order valence-electron chi connectivity index (χ4n) is 2.01. The molecule has 0 atom stereocenters. The van der Waals surface area contributed by atoms with Gasteiger partial charge in [0.1, 0.15) is 0 Å². The molecule has 0 saturated heterocycles. The van der Waals surface area contributed by atoms with Gasteiger partial charge in [0, 0.05) is 6.54 Å². The van der Waals surface area contributed by atoms with Crippen molar-refractivity contribution in [3.8, 4) is 0 Å². The van der Waals surface area contributed by atoms with Gasteiger partial charge < -0.3 is 10.0 Å². The van der Waals surface area contributed by atoms with E-state index in [4.69, 9.17) is 5.11 Å². The third kappa shape index (κ3) is 4.10. The fraction of sp³-hybridized carbons (Fsp3) is 1.00. The quantitative estimate of drug-likeness (QED) is 0.639. The number of aliphatic hydroxyl groups is 1. The Kier molecular flexibility index (Phi) is 4.74. The van der Waals surface area contributed by atoms with Crippen molar-refractivity contribution in [2.45, 2.75) is 45.1 Å². The van der Waals surface area contributed by atoms with Gasteiger partial charge in [0.15, 0.2) is 0 Å². The van der Waals surface area contributed by atoms with Crippen molar-refractivity contribution in [1.29, 1.82) is 0 Å². The second-order valence-corrected chi connectivity index (χ2v) is 4.46. The molecule has 1 aliphatic carbocycles. The molecule has 0 heterocycles. The predicted octanol–water partition coefficient (Wildman–Crippen LogP) is 1.88. The van der Waals surface area contributed by atoms with Crippen molar-refractivity contribution < 1.29 is 5.11 Å². The van der Waals surface area contributed by atoms with Crippen LogP contribution >= 0.6 is 0 Å². The lowest BCUT2D eigenvalue weighted by Crippen LogP contribution is -2.37. The number of nitrogens with zero attached hydrogens (tertiary/aromatic N) is 1. The smallest absolute Gasteiger partial charge is 0.0546 e. The van der Waals surface area contributed by atoms with Crippen LogP contribution in [0.5, 0.6) is 0 Å². The number of hydrogen-bond donors (Lipinski definition) is 1. The molecule has 1 rings (SSSR count). The molecule has 1 N–H and O–H groups in total. The Hall–Kier alpha value is -0.0800. The number of unbranched alkanes of at least 4 members (excludes halogenated alkanes) is 2. The molecule has 1 saturated carbocycles. The maximum absolute atomic E-state index is 9.13. The van der Waals surface area contributed by atoms with Crippen LogP contribution in [0.1, 0.15) is 39.0 Å². The third-order valence-electron chi connectivity index (χ3n) is 2.92. The molecule has 0 spiro atoms. The molecule has 0 unspecified atom stereocenters. The van der Waals surface area contributed by atoms with Gasteiger partial charge in [-0.3, -0.25) is 0 Å². The van der Waals surface area contributed by atoms with Gasteiger partial charge in [0.2, 0.25) is 0 Å². The highest BCUT2D eigenvalue weighted by Crippen LogP contribution is 2.27. The SMILES string of the molecule is CCCCCN(C)CC1CC(O)C1. The van der Waals surface area contributed by atoms with Gasteiger partial charge in [-0.2, -0.15) is 0 Å². The van der Waals surface area contributed by atoms with Gasteiger partial charge in [-0.25, -0.2) is 0 Å². The van der Waals surface area contributed by atoms with E-state index in [1.54, 1.807) is 0 Å². The molecule has 78 valence electrons. The molecule has 2 nitrogen and oxygen atoms in total. The van der Waals surface area contributed by atoms with Gasteiger partial charge in [-0.05, 0) is 38.8 Å². The predicted molar refractivity (Wildman–Crippen MR) is 55.8 cm³/mol. The summed E-state index contributed by atoms with van der Waals surface area (Å²) in [6.07, 6.45) is 6.03. The van der Waals surface area contributed by atoms with E-state index in [0.717, 1.165) is 18.8 Å². The minimum atomic E-state index is 0.00837. The molecule has 0 aromatic carbocycles. The first kappa shape index (κ1) is 11.0. The largest absolute Gasteiger partial charge is 0.393 e. The Bertz CT molecular complexity index is 132. The average molecular weight is 185 g/mol. The molecule has 1 fully saturated rings. The first-order valence-electron chi connectivity index (χ1n) is 5.59. The molecular weight excluding hydrogens is 162 g/mol. The van der Waals surface area contributed by atoms with Crippen LogP contribution in [0.3, 0.4) is 0 Å².